The summed E-state index contributed by atoms with van der Waals surface area (Å²) in [7, 11) is 1.77. The van der Waals surface area contributed by atoms with Crippen LogP contribution < -0.4 is 10.6 Å². The highest BCUT2D eigenvalue weighted by molar-refractivity contribution is 6.01. The van der Waals surface area contributed by atoms with Crippen molar-refractivity contribution in [2.24, 2.45) is 0 Å². The number of likely N-dealkylation sites (N-methyl/N-ethyl adjacent to an activating group) is 1. The van der Waals surface area contributed by atoms with E-state index in [0.29, 0.717) is 52.2 Å². The van der Waals surface area contributed by atoms with Gasteiger partial charge in [0.1, 0.15) is 0 Å². The molecule has 1 heterocycles. The van der Waals surface area contributed by atoms with E-state index in [9.17, 15) is 14.4 Å². The van der Waals surface area contributed by atoms with Gasteiger partial charge in [0, 0.05) is 23.5 Å². The number of carbonyl (C=O) groups is 4. The summed E-state index contributed by atoms with van der Waals surface area (Å²) in [6.45, 7) is 9.63. The second-order valence-electron chi connectivity index (χ2n) is 7.94. The first-order chi connectivity index (χ1) is 18.2. The second kappa shape index (κ2) is 16.8. The summed E-state index contributed by atoms with van der Waals surface area (Å²) in [5.41, 5.74) is 3.72. The van der Waals surface area contributed by atoms with Crippen molar-refractivity contribution >= 4 is 30.5 Å². The number of hydrogen-bond donors (Lipinski definition) is 3. The number of nitrogens with one attached hydrogen (secondary N) is 2. The van der Waals surface area contributed by atoms with Gasteiger partial charge < -0.3 is 30.0 Å². The van der Waals surface area contributed by atoms with Gasteiger partial charge >= 0.3 is 17.9 Å². The Morgan fingerprint density at radius 2 is 1.53 bits per heavy atom. The molecule has 0 amide bonds. The van der Waals surface area contributed by atoms with Gasteiger partial charge in [0.25, 0.3) is 6.47 Å². The highest BCUT2D eigenvalue weighted by Gasteiger charge is 2.39. The lowest BCUT2D eigenvalue weighted by atomic mass is 9.78. The zero-order valence-corrected chi connectivity index (χ0v) is 22.9. The molecule has 0 saturated carbocycles. The fourth-order valence-corrected chi connectivity index (χ4v) is 4.08. The highest BCUT2D eigenvalue weighted by Crippen LogP contribution is 2.41. The first kappa shape index (κ1) is 32.1. The number of esters is 3. The zero-order valence-electron chi connectivity index (χ0n) is 22.9. The van der Waals surface area contributed by atoms with Crippen LogP contribution in [0.3, 0.4) is 0 Å². The summed E-state index contributed by atoms with van der Waals surface area (Å²) in [6.07, 6.45) is 2.22. The van der Waals surface area contributed by atoms with Gasteiger partial charge in [-0.05, 0) is 58.4 Å². The predicted octanol–water partition coefficient (Wildman–Crippen LogP) is 3.30. The average Bonchev–Trinajstić information content (AvgIpc) is 2.88. The predicted molar refractivity (Wildman–Crippen MR) is 143 cm³/mol. The maximum Gasteiger partial charge on any atom is 0.336 e. The van der Waals surface area contributed by atoms with Crippen LogP contribution >= 0.6 is 0 Å². The minimum Gasteiger partial charge on any atom is -0.483 e. The number of dihydropyridines is 1. The summed E-state index contributed by atoms with van der Waals surface area (Å²) in [5, 5.41) is 13.2. The van der Waals surface area contributed by atoms with Crippen LogP contribution in [0.2, 0.25) is 0 Å². The minimum atomic E-state index is -0.759. The number of rotatable bonds is 11. The van der Waals surface area contributed by atoms with Crippen LogP contribution in [0.1, 0.15) is 58.1 Å². The smallest absolute Gasteiger partial charge is 0.336 e. The fraction of sp³-hybridized carbons (Fsp3) is 0.429. The lowest BCUT2D eigenvalue weighted by Gasteiger charge is -2.32. The number of allylic oxidation sites excluding steroid dienone is 1. The third-order valence-corrected chi connectivity index (χ3v) is 5.54. The standard InChI is InChI=1S/C27H36N2O6.CH2O2/c1-7-18(25(30)33-8-2)15-19-13-11-12-14-20(19)23-22(26(31)34-9-3)17(5)29-21(16-28-6)24(23)27(32)35-10-4;2-1-3/h11-15,23,28-29H,7-10,16H2,1-6H3;1H,(H,2,3). The molecule has 2 rings (SSSR count). The van der Waals surface area contributed by atoms with E-state index in [-0.39, 0.29) is 26.3 Å². The van der Waals surface area contributed by atoms with E-state index >= 15 is 0 Å². The summed E-state index contributed by atoms with van der Waals surface area (Å²) in [4.78, 5) is 47.3. The molecule has 3 N–H and O–H groups in total. The van der Waals surface area contributed by atoms with Gasteiger partial charge in [0.2, 0.25) is 0 Å². The summed E-state index contributed by atoms with van der Waals surface area (Å²) >= 11 is 0. The summed E-state index contributed by atoms with van der Waals surface area (Å²) in [5.74, 6) is -2.20. The Morgan fingerprint density at radius 3 is 2.05 bits per heavy atom. The largest absolute Gasteiger partial charge is 0.483 e. The van der Waals surface area contributed by atoms with Crippen LogP contribution in [-0.4, -0.2) is 62.9 Å². The van der Waals surface area contributed by atoms with Crippen LogP contribution in [0.4, 0.5) is 0 Å². The molecule has 0 bridgehead atoms. The van der Waals surface area contributed by atoms with Crippen molar-refractivity contribution in [3.63, 3.8) is 0 Å². The molecule has 1 aromatic carbocycles. The zero-order chi connectivity index (χ0) is 28.7. The lowest BCUT2D eigenvalue weighted by Crippen LogP contribution is -2.36. The highest BCUT2D eigenvalue weighted by atomic mass is 16.5. The number of carbonyl (C=O) groups excluding carboxylic acids is 3. The molecule has 10 heteroatoms. The molecule has 0 aromatic heterocycles. The first-order valence-electron chi connectivity index (χ1n) is 12.5. The van der Waals surface area contributed by atoms with Crippen molar-refractivity contribution in [2.75, 3.05) is 33.4 Å². The lowest BCUT2D eigenvalue weighted by molar-refractivity contribution is -0.140. The van der Waals surface area contributed by atoms with Crippen molar-refractivity contribution in [3.8, 4) is 0 Å². The molecular formula is C28H38N2O8. The van der Waals surface area contributed by atoms with E-state index in [1.165, 1.54) is 0 Å². The van der Waals surface area contributed by atoms with E-state index in [0.717, 1.165) is 0 Å². The quantitative estimate of drug-likeness (QED) is 0.169. The van der Waals surface area contributed by atoms with Gasteiger partial charge in [-0.3, -0.25) is 4.79 Å². The maximum absolute atomic E-state index is 13.3. The van der Waals surface area contributed by atoms with E-state index in [1.54, 1.807) is 40.8 Å². The van der Waals surface area contributed by atoms with Crippen LogP contribution in [0, 0.1) is 0 Å². The van der Waals surface area contributed by atoms with E-state index < -0.39 is 23.8 Å². The molecule has 0 fully saturated rings. The average molecular weight is 531 g/mol. The number of benzene rings is 1. The molecule has 1 aromatic rings. The van der Waals surface area contributed by atoms with Crippen molar-refractivity contribution < 1.29 is 38.5 Å². The van der Waals surface area contributed by atoms with Crippen LogP contribution in [0.5, 0.6) is 0 Å². The van der Waals surface area contributed by atoms with Gasteiger partial charge in [-0.15, -0.1) is 0 Å². The number of ether oxygens (including phenoxy) is 3. The molecule has 208 valence electrons. The third-order valence-electron chi connectivity index (χ3n) is 5.54. The van der Waals surface area contributed by atoms with Gasteiger partial charge in [-0.1, -0.05) is 31.2 Å². The Balaban J connectivity index is 0.00000229. The van der Waals surface area contributed by atoms with Gasteiger partial charge in [0.05, 0.1) is 36.9 Å². The molecule has 10 nitrogen and oxygen atoms in total. The van der Waals surface area contributed by atoms with Gasteiger partial charge in [-0.2, -0.15) is 0 Å². The molecule has 0 radical (unpaired) electrons. The minimum absolute atomic E-state index is 0.184. The molecule has 0 spiro atoms. The molecule has 1 aliphatic rings. The Morgan fingerprint density at radius 1 is 0.974 bits per heavy atom. The normalized spacial score (nSPS) is 15.1. The number of hydrogen-bond acceptors (Lipinski definition) is 9. The van der Waals surface area contributed by atoms with Crippen LogP contribution in [0.25, 0.3) is 6.08 Å². The van der Waals surface area contributed by atoms with Crippen molar-refractivity contribution in [1.29, 1.82) is 0 Å². The van der Waals surface area contributed by atoms with Crippen molar-refractivity contribution in [1.82, 2.24) is 10.6 Å². The van der Waals surface area contributed by atoms with Crippen LogP contribution in [0.15, 0.2) is 52.4 Å². The van der Waals surface area contributed by atoms with E-state index in [4.69, 9.17) is 24.1 Å². The Bertz CT molecular complexity index is 1090. The molecular weight excluding hydrogens is 492 g/mol. The maximum atomic E-state index is 13.3. The van der Waals surface area contributed by atoms with Gasteiger partial charge in [-0.25, -0.2) is 14.4 Å². The fourth-order valence-electron chi connectivity index (χ4n) is 4.08. The second-order valence-corrected chi connectivity index (χ2v) is 7.94. The van der Waals surface area contributed by atoms with Gasteiger partial charge in [0.15, 0.2) is 0 Å². The van der Waals surface area contributed by atoms with E-state index in [2.05, 4.69) is 10.6 Å². The number of carboxylic acid groups (broad SMARTS) is 1. The molecule has 0 saturated heterocycles. The molecule has 0 aliphatic carbocycles. The van der Waals surface area contributed by atoms with Crippen molar-refractivity contribution in [3.05, 3.63) is 63.5 Å². The first-order valence-corrected chi connectivity index (χ1v) is 12.5. The Labute approximate surface area is 223 Å². The molecule has 1 aliphatic heterocycles. The summed E-state index contributed by atoms with van der Waals surface area (Å²) in [6, 6.07) is 7.38. The Kier molecular flexibility index (Phi) is 14.2. The third kappa shape index (κ3) is 8.31. The molecule has 38 heavy (non-hydrogen) atoms. The van der Waals surface area contributed by atoms with Crippen molar-refractivity contribution in [2.45, 2.75) is 47.0 Å². The summed E-state index contributed by atoms with van der Waals surface area (Å²) < 4.78 is 16.0. The molecule has 1 unspecified atom stereocenters. The Hall–Kier alpha value is -3.92. The molecule has 1 atom stereocenters. The SMILES string of the molecule is CCOC(=O)C(=Cc1ccccc1C1C(C(=O)OCC)=C(C)NC(CNC)=C1C(=O)OCC)CC.O=CO. The monoisotopic (exact) mass is 530 g/mol. The van der Waals surface area contributed by atoms with Crippen LogP contribution in [-0.2, 0) is 33.4 Å². The topological polar surface area (TPSA) is 140 Å². The van der Waals surface area contributed by atoms with E-state index in [1.807, 2.05) is 31.2 Å².